The molecule has 0 spiro atoms. The Kier molecular flexibility index (Phi) is 6.33. The molecule has 2 aliphatic rings. The molecule has 2 aromatic carbocycles. The zero-order chi connectivity index (χ0) is 22.7. The molecule has 3 amide bonds. The number of benzene rings is 2. The number of hydrogen-bond donors (Lipinski definition) is 3. The second kappa shape index (κ2) is 9.33. The highest BCUT2D eigenvalue weighted by Gasteiger charge is 2.36. The number of ether oxygens (including phenoxy) is 1. The molecule has 2 aromatic rings. The van der Waals surface area contributed by atoms with Crippen molar-refractivity contribution < 1.29 is 29.3 Å². The molecule has 2 heterocycles. The van der Waals surface area contributed by atoms with Crippen LogP contribution in [0.3, 0.4) is 0 Å². The summed E-state index contributed by atoms with van der Waals surface area (Å²) in [6.07, 6.45) is 1.42. The summed E-state index contributed by atoms with van der Waals surface area (Å²) in [6, 6.07) is 11.4. The van der Waals surface area contributed by atoms with Gasteiger partial charge in [0.1, 0.15) is 6.54 Å². The van der Waals surface area contributed by atoms with Crippen molar-refractivity contribution in [3.8, 4) is 11.5 Å². The third-order valence-electron chi connectivity index (χ3n) is 5.00. The van der Waals surface area contributed by atoms with Crippen molar-refractivity contribution in [3.63, 3.8) is 0 Å². The van der Waals surface area contributed by atoms with Crippen LogP contribution in [0, 0.1) is 0 Å². The van der Waals surface area contributed by atoms with E-state index in [4.69, 9.17) is 4.74 Å². The normalized spacial score (nSPS) is 17.8. The van der Waals surface area contributed by atoms with E-state index < -0.39 is 23.6 Å². The number of hydrogen-bond acceptors (Lipinski definition) is 8. The van der Waals surface area contributed by atoms with Crippen LogP contribution in [0.15, 0.2) is 47.4 Å². The zero-order valence-corrected chi connectivity index (χ0v) is 17.8. The minimum absolute atomic E-state index is 0.128. The summed E-state index contributed by atoms with van der Waals surface area (Å²) in [4.78, 5) is 40.5. The standard InChI is InChI=1S/C22H21N3O6S/c26-17-6-1-14(11-18(17)27)12-19-21(29)25(22(30)32-19)13-20(28)23-15-2-4-16(5-3-15)24-7-9-31-10-8-24/h1-6,11-12,26-27H,7-10,13H2,(H,23,28). The predicted octanol–water partition coefficient (Wildman–Crippen LogP) is 2.61. The molecule has 4 rings (SSSR count). The first-order valence-electron chi connectivity index (χ1n) is 9.90. The molecule has 9 nitrogen and oxygen atoms in total. The molecule has 2 aliphatic heterocycles. The number of phenols is 2. The number of phenolic OH excluding ortho intramolecular Hbond substituents is 2. The summed E-state index contributed by atoms with van der Waals surface area (Å²) in [7, 11) is 0. The molecule has 0 aromatic heterocycles. The van der Waals surface area contributed by atoms with E-state index >= 15 is 0 Å². The number of imide groups is 1. The Labute approximate surface area is 188 Å². The van der Waals surface area contributed by atoms with Gasteiger partial charge in [0.05, 0.1) is 18.1 Å². The van der Waals surface area contributed by atoms with Crippen LogP contribution in [0.1, 0.15) is 5.56 Å². The first kappa shape index (κ1) is 21.7. The SMILES string of the molecule is O=C(CN1C(=O)SC(=Cc2ccc(O)c(O)c2)C1=O)Nc1ccc(N2CCOCC2)cc1. The highest BCUT2D eigenvalue weighted by Crippen LogP contribution is 2.33. The van der Waals surface area contributed by atoms with E-state index in [0.717, 1.165) is 23.7 Å². The van der Waals surface area contributed by atoms with E-state index in [9.17, 15) is 24.6 Å². The third kappa shape index (κ3) is 4.87. The maximum atomic E-state index is 12.6. The number of rotatable bonds is 5. The fourth-order valence-corrected chi connectivity index (χ4v) is 4.18. The zero-order valence-electron chi connectivity index (χ0n) is 17.0. The minimum Gasteiger partial charge on any atom is -0.504 e. The number of nitrogens with zero attached hydrogens (tertiary/aromatic N) is 2. The first-order chi connectivity index (χ1) is 15.4. The number of morpholine rings is 1. The molecular weight excluding hydrogens is 434 g/mol. The van der Waals surface area contributed by atoms with Crippen LogP contribution in [-0.2, 0) is 14.3 Å². The lowest BCUT2D eigenvalue weighted by Gasteiger charge is -2.28. The maximum absolute atomic E-state index is 12.6. The van der Waals surface area contributed by atoms with E-state index in [1.807, 2.05) is 12.1 Å². The Morgan fingerprint density at radius 2 is 1.78 bits per heavy atom. The van der Waals surface area contributed by atoms with Gasteiger partial charge in [0.15, 0.2) is 11.5 Å². The number of aromatic hydroxyl groups is 2. The van der Waals surface area contributed by atoms with Crippen LogP contribution in [0.4, 0.5) is 16.2 Å². The molecule has 2 fully saturated rings. The molecule has 10 heteroatoms. The summed E-state index contributed by atoms with van der Waals surface area (Å²) in [6.45, 7) is 2.57. The fraction of sp³-hybridized carbons (Fsp3) is 0.227. The van der Waals surface area contributed by atoms with E-state index in [1.54, 1.807) is 12.1 Å². The summed E-state index contributed by atoms with van der Waals surface area (Å²) in [5, 5.41) is 21.1. The van der Waals surface area contributed by atoms with Crippen molar-refractivity contribution in [1.82, 2.24) is 4.90 Å². The molecule has 0 bridgehead atoms. The Hall–Kier alpha value is -3.50. The molecule has 3 N–H and O–H groups in total. The number of nitrogens with one attached hydrogen (secondary N) is 1. The molecule has 0 unspecified atom stereocenters. The van der Waals surface area contributed by atoms with Gasteiger partial charge in [-0.25, -0.2) is 0 Å². The second-order valence-corrected chi connectivity index (χ2v) is 8.20. The van der Waals surface area contributed by atoms with E-state index in [2.05, 4.69) is 10.2 Å². The van der Waals surface area contributed by atoms with Crippen molar-refractivity contribution >= 4 is 46.3 Å². The smallest absolute Gasteiger partial charge is 0.294 e. The Bertz CT molecular complexity index is 1080. The van der Waals surface area contributed by atoms with Gasteiger partial charge in [0, 0.05) is 24.5 Å². The van der Waals surface area contributed by atoms with Gasteiger partial charge in [-0.05, 0) is 59.8 Å². The summed E-state index contributed by atoms with van der Waals surface area (Å²) < 4.78 is 5.34. The predicted molar refractivity (Wildman–Crippen MR) is 121 cm³/mol. The van der Waals surface area contributed by atoms with Crippen molar-refractivity contribution in [3.05, 3.63) is 52.9 Å². The van der Waals surface area contributed by atoms with E-state index in [-0.39, 0.29) is 16.4 Å². The van der Waals surface area contributed by atoms with Gasteiger partial charge in [0.25, 0.3) is 11.1 Å². The van der Waals surface area contributed by atoms with Crippen LogP contribution in [0.25, 0.3) is 6.08 Å². The molecular formula is C22H21N3O6S. The molecule has 0 atom stereocenters. The first-order valence-corrected chi connectivity index (χ1v) is 10.7. The minimum atomic E-state index is -0.592. The average molecular weight is 455 g/mol. The molecule has 166 valence electrons. The largest absolute Gasteiger partial charge is 0.504 e. The molecule has 0 saturated carbocycles. The second-order valence-electron chi connectivity index (χ2n) is 7.21. The summed E-state index contributed by atoms with van der Waals surface area (Å²) in [5.41, 5.74) is 2.03. The number of carbonyl (C=O) groups is 3. The fourth-order valence-electron chi connectivity index (χ4n) is 3.34. The van der Waals surface area contributed by atoms with Crippen LogP contribution in [0.5, 0.6) is 11.5 Å². The van der Waals surface area contributed by atoms with Crippen LogP contribution >= 0.6 is 11.8 Å². The van der Waals surface area contributed by atoms with Crippen LogP contribution in [-0.4, -0.2) is 65.0 Å². The molecule has 2 saturated heterocycles. The highest BCUT2D eigenvalue weighted by atomic mass is 32.2. The van der Waals surface area contributed by atoms with Crippen molar-refractivity contribution in [2.75, 3.05) is 43.1 Å². The number of anilines is 2. The lowest BCUT2D eigenvalue weighted by Crippen LogP contribution is -2.36. The van der Waals surface area contributed by atoms with Gasteiger partial charge in [0.2, 0.25) is 5.91 Å². The maximum Gasteiger partial charge on any atom is 0.294 e. The van der Waals surface area contributed by atoms with Crippen LogP contribution < -0.4 is 10.2 Å². The Balaban J connectivity index is 1.37. The highest BCUT2D eigenvalue weighted by molar-refractivity contribution is 8.18. The lowest BCUT2D eigenvalue weighted by atomic mass is 10.2. The van der Waals surface area contributed by atoms with E-state index in [0.29, 0.717) is 36.2 Å². The Morgan fingerprint density at radius 3 is 2.47 bits per heavy atom. The number of carbonyl (C=O) groups excluding carboxylic acids is 3. The molecule has 32 heavy (non-hydrogen) atoms. The summed E-state index contributed by atoms with van der Waals surface area (Å²) in [5.74, 6) is -1.71. The Morgan fingerprint density at radius 1 is 1.06 bits per heavy atom. The van der Waals surface area contributed by atoms with Crippen molar-refractivity contribution in [1.29, 1.82) is 0 Å². The van der Waals surface area contributed by atoms with Gasteiger partial charge in [-0.1, -0.05) is 6.07 Å². The van der Waals surface area contributed by atoms with Gasteiger partial charge in [-0.3, -0.25) is 19.3 Å². The van der Waals surface area contributed by atoms with Crippen molar-refractivity contribution in [2.45, 2.75) is 0 Å². The summed E-state index contributed by atoms with van der Waals surface area (Å²) >= 11 is 0.711. The quantitative estimate of drug-likeness (QED) is 0.465. The van der Waals surface area contributed by atoms with Crippen LogP contribution in [0.2, 0.25) is 0 Å². The average Bonchev–Trinajstić information content (AvgIpc) is 3.04. The molecule has 0 aliphatic carbocycles. The lowest BCUT2D eigenvalue weighted by molar-refractivity contribution is -0.127. The van der Waals surface area contributed by atoms with Crippen molar-refractivity contribution in [2.24, 2.45) is 0 Å². The monoisotopic (exact) mass is 455 g/mol. The number of thioether (sulfide) groups is 1. The van der Waals surface area contributed by atoms with Gasteiger partial charge < -0.3 is 25.2 Å². The van der Waals surface area contributed by atoms with E-state index in [1.165, 1.54) is 24.3 Å². The third-order valence-corrected chi connectivity index (χ3v) is 5.91. The molecule has 0 radical (unpaired) electrons. The van der Waals surface area contributed by atoms with Gasteiger partial charge >= 0.3 is 0 Å². The topological polar surface area (TPSA) is 119 Å². The van der Waals surface area contributed by atoms with Gasteiger partial charge in [-0.15, -0.1) is 0 Å². The number of amides is 3. The van der Waals surface area contributed by atoms with Gasteiger partial charge in [-0.2, -0.15) is 0 Å².